The van der Waals surface area contributed by atoms with E-state index in [1.54, 1.807) is 27.3 Å². The number of fused-ring (bicyclic) bond motifs is 2. The normalized spacial score (nSPS) is 18.9. The zero-order chi connectivity index (χ0) is 32.9. The number of anilines is 1. The molecular weight excluding hydrogens is 598 g/mol. The van der Waals surface area contributed by atoms with Crippen LogP contribution in [-0.2, 0) is 51.2 Å². The van der Waals surface area contributed by atoms with Crippen LogP contribution in [0.15, 0.2) is 66.7 Å². The number of ether oxygens (including phenoxy) is 3. The van der Waals surface area contributed by atoms with E-state index in [4.69, 9.17) is 14.2 Å². The summed E-state index contributed by atoms with van der Waals surface area (Å²) < 4.78 is 17.3. The van der Waals surface area contributed by atoms with E-state index < -0.39 is 11.9 Å². The van der Waals surface area contributed by atoms with Crippen molar-refractivity contribution in [1.29, 1.82) is 0 Å². The van der Waals surface area contributed by atoms with E-state index in [0.717, 1.165) is 23.1 Å². The van der Waals surface area contributed by atoms with Gasteiger partial charge in [-0.05, 0) is 46.4 Å². The Labute approximate surface area is 273 Å². The van der Waals surface area contributed by atoms with Crippen molar-refractivity contribution < 1.29 is 28.6 Å². The standard InChI is InChI=1S/C36H39N5O6/c1-41-29-16-23(12-14-26(42)18-24-10-7-11-25-19-31(45-2)32(46-3)20-27(24)25)13-15-30(29)47-21-28(36(41)44)37-35(43)34-38-33(39-40-34)17-22-8-5-4-6-9-22/h4-11,13,15-16,28,31-32H,12,14,17-21H2,1-3H3,(H,37,43)(H,38,39,40). The average molecular weight is 638 g/mol. The number of H-pyrrole nitrogens is 1. The van der Waals surface area contributed by atoms with Gasteiger partial charge in [0.15, 0.2) is 0 Å². The molecule has 0 saturated heterocycles. The number of methoxy groups -OCH3 is 2. The van der Waals surface area contributed by atoms with Crippen molar-refractivity contribution in [3.05, 3.63) is 106 Å². The van der Waals surface area contributed by atoms with Gasteiger partial charge in [-0.1, -0.05) is 54.6 Å². The van der Waals surface area contributed by atoms with Crippen molar-refractivity contribution in [2.45, 2.75) is 56.8 Å². The minimum atomic E-state index is -0.935. The van der Waals surface area contributed by atoms with Crippen LogP contribution >= 0.6 is 0 Å². The second kappa shape index (κ2) is 14.3. The molecule has 0 radical (unpaired) electrons. The monoisotopic (exact) mass is 637 g/mol. The average Bonchev–Trinajstić information content (AvgIpc) is 3.53. The predicted molar refractivity (Wildman–Crippen MR) is 175 cm³/mol. The lowest BCUT2D eigenvalue weighted by Crippen LogP contribution is -2.49. The highest BCUT2D eigenvalue weighted by molar-refractivity contribution is 6.02. The molecule has 1 aromatic heterocycles. The first-order valence-corrected chi connectivity index (χ1v) is 15.8. The number of nitrogens with zero attached hydrogens (tertiary/aromatic N) is 3. The summed E-state index contributed by atoms with van der Waals surface area (Å²) in [4.78, 5) is 45.3. The van der Waals surface area contributed by atoms with E-state index in [1.807, 2.05) is 54.6 Å². The maximum atomic E-state index is 13.4. The lowest BCUT2D eigenvalue weighted by Gasteiger charge is -2.32. The molecule has 0 saturated carbocycles. The molecule has 0 spiro atoms. The van der Waals surface area contributed by atoms with Gasteiger partial charge in [-0.15, -0.1) is 5.10 Å². The van der Waals surface area contributed by atoms with Crippen LogP contribution in [0.2, 0.25) is 0 Å². The molecule has 1 aliphatic carbocycles. The fraction of sp³-hybridized carbons (Fsp3) is 0.361. The van der Waals surface area contributed by atoms with Crippen molar-refractivity contribution in [2.75, 3.05) is 32.8 Å². The molecule has 6 rings (SSSR count). The summed E-state index contributed by atoms with van der Waals surface area (Å²) in [5.74, 6) is 0.255. The maximum absolute atomic E-state index is 13.4. The van der Waals surface area contributed by atoms with Crippen LogP contribution in [0.3, 0.4) is 0 Å². The van der Waals surface area contributed by atoms with Crippen molar-refractivity contribution in [3.63, 3.8) is 0 Å². The molecule has 2 heterocycles. The van der Waals surface area contributed by atoms with E-state index in [1.165, 1.54) is 16.0 Å². The van der Waals surface area contributed by atoms with Gasteiger partial charge in [0.2, 0.25) is 5.82 Å². The van der Waals surface area contributed by atoms with Crippen molar-refractivity contribution in [2.24, 2.45) is 0 Å². The molecule has 11 heteroatoms. The lowest BCUT2D eigenvalue weighted by molar-refractivity contribution is -0.120. The van der Waals surface area contributed by atoms with Crippen LogP contribution in [0.5, 0.6) is 5.75 Å². The second-order valence-electron chi connectivity index (χ2n) is 12.0. The molecule has 47 heavy (non-hydrogen) atoms. The molecule has 3 atom stereocenters. The number of Topliss-reactive ketones (excluding diaryl/α,β-unsaturated/α-hetero) is 1. The number of ketones is 1. The summed E-state index contributed by atoms with van der Waals surface area (Å²) in [6.45, 7) is -0.0442. The quantitative estimate of drug-likeness (QED) is 0.256. The Morgan fingerprint density at radius 3 is 2.57 bits per heavy atom. The van der Waals surface area contributed by atoms with Crippen LogP contribution in [0.25, 0.3) is 0 Å². The minimum Gasteiger partial charge on any atom is -0.489 e. The highest BCUT2D eigenvalue weighted by Crippen LogP contribution is 2.33. The number of aryl methyl sites for hydroxylation is 1. The summed E-state index contributed by atoms with van der Waals surface area (Å²) in [6, 6.07) is 20.5. The summed E-state index contributed by atoms with van der Waals surface area (Å²) >= 11 is 0. The minimum absolute atomic E-state index is 0.00117. The number of hydrogen-bond donors (Lipinski definition) is 2. The number of aromatic amines is 1. The van der Waals surface area contributed by atoms with Crippen molar-refractivity contribution >= 4 is 23.3 Å². The topological polar surface area (TPSA) is 136 Å². The van der Waals surface area contributed by atoms with Gasteiger partial charge in [0, 0.05) is 53.4 Å². The Morgan fingerprint density at radius 2 is 1.79 bits per heavy atom. The molecule has 3 unspecified atom stereocenters. The van der Waals surface area contributed by atoms with Crippen molar-refractivity contribution in [3.8, 4) is 5.75 Å². The Morgan fingerprint density at radius 1 is 1.00 bits per heavy atom. The number of nitrogens with one attached hydrogen (secondary N) is 2. The smallest absolute Gasteiger partial charge is 0.291 e. The fourth-order valence-electron chi connectivity index (χ4n) is 6.33. The van der Waals surface area contributed by atoms with E-state index >= 15 is 0 Å². The Kier molecular flexibility index (Phi) is 9.74. The van der Waals surface area contributed by atoms with Gasteiger partial charge in [0.25, 0.3) is 11.8 Å². The van der Waals surface area contributed by atoms with Gasteiger partial charge < -0.3 is 24.4 Å². The Bertz CT molecular complexity index is 1760. The van der Waals surface area contributed by atoms with E-state index in [2.05, 4.69) is 26.6 Å². The lowest BCUT2D eigenvalue weighted by atomic mass is 9.83. The highest BCUT2D eigenvalue weighted by atomic mass is 16.5. The number of hydrogen-bond acceptors (Lipinski definition) is 8. The van der Waals surface area contributed by atoms with Gasteiger partial charge in [0.05, 0.1) is 17.9 Å². The number of benzene rings is 3. The third-order valence-electron chi connectivity index (χ3n) is 8.97. The number of rotatable bonds is 11. The third kappa shape index (κ3) is 7.26. The predicted octanol–water partition coefficient (Wildman–Crippen LogP) is 3.42. The first-order valence-electron chi connectivity index (χ1n) is 15.8. The van der Waals surface area contributed by atoms with Crippen LogP contribution in [-0.4, -0.2) is 78.9 Å². The second-order valence-corrected chi connectivity index (χ2v) is 12.0. The summed E-state index contributed by atoms with van der Waals surface area (Å²) in [5, 5.41) is 9.56. The number of likely N-dealkylation sites (N-methyl/N-ethyl adjacent to an activating group) is 1. The molecule has 244 valence electrons. The summed E-state index contributed by atoms with van der Waals surface area (Å²) in [5.41, 5.74) is 5.94. The van der Waals surface area contributed by atoms with E-state index in [-0.39, 0.29) is 36.3 Å². The number of amides is 2. The molecule has 2 aliphatic rings. The zero-order valence-corrected chi connectivity index (χ0v) is 26.8. The van der Waals surface area contributed by atoms with Crippen LogP contribution in [0.1, 0.15) is 50.7 Å². The molecule has 11 nitrogen and oxygen atoms in total. The molecule has 1 aliphatic heterocycles. The molecular formula is C36H39N5O6. The first-order chi connectivity index (χ1) is 22.8. The highest BCUT2D eigenvalue weighted by Gasteiger charge is 2.32. The number of carbonyl (C=O) groups is 3. The van der Waals surface area contributed by atoms with Crippen LogP contribution in [0.4, 0.5) is 5.69 Å². The maximum Gasteiger partial charge on any atom is 0.291 e. The molecule has 4 aromatic rings. The third-order valence-corrected chi connectivity index (χ3v) is 8.97. The SMILES string of the molecule is COC1Cc2cccc(CC(=O)CCc3ccc4c(c3)N(C)C(=O)C(NC(=O)c3n[nH]c(Cc5ccccc5)n3)CO4)c2CC1OC. The van der Waals surface area contributed by atoms with Gasteiger partial charge >= 0.3 is 0 Å². The molecule has 2 N–H and O–H groups in total. The Hall–Kier alpha value is -4.87. The fourth-order valence-corrected chi connectivity index (χ4v) is 6.33. The molecule has 0 fully saturated rings. The van der Waals surface area contributed by atoms with E-state index in [0.29, 0.717) is 49.4 Å². The summed E-state index contributed by atoms with van der Waals surface area (Å²) in [7, 11) is 5.05. The van der Waals surface area contributed by atoms with Gasteiger partial charge in [-0.25, -0.2) is 4.98 Å². The first kappa shape index (κ1) is 32.1. The molecule has 2 amide bonds. The van der Waals surface area contributed by atoms with E-state index in [9.17, 15) is 14.4 Å². The van der Waals surface area contributed by atoms with Gasteiger partial charge in [-0.3, -0.25) is 19.5 Å². The Balaban J connectivity index is 1.06. The van der Waals surface area contributed by atoms with Gasteiger partial charge in [-0.2, -0.15) is 0 Å². The molecule has 3 aromatic carbocycles. The largest absolute Gasteiger partial charge is 0.489 e. The van der Waals surface area contributed by atoms with Crippen LogP contribution < -0.4 is 15.0 Å². The number of carbonyl (C=O) groups excluding carboxylic acids is 3. The van der Waals surface area contributed by atoms with Crippen LogP contribution in [0, 0.1) is 0 Å². The number of aromatic nitrogens is 3. The zero-order valence-electron chi connectivity index (χ0n) is 26.8. The van der Waals surface area contributed by atoms with Gasteiger partial charge in [0.1, 0.15) is 30.0 Å². The van der Waals surface area contributed by atoms with Crippen molar-refractivity contribution in [1.82, 2.24) is 20.5 Å². The molecule has 0 bridgehead atoms. The summed E-state index contributed by atoms with van der Waals surface area (Å²) in [6.07, 6.45) is 3.16.